The molecule has 1 fully saturated rings. The molecule has 0 bridgehead atoms. The first-order valence-corrected chi connectivity index (χ1v) is 8.00. The molecule has 0 N–H and O–H groups in total. The van der Waals surface area contributed by atoms with Crippen molar-refractivity contribution in [3.05, 3.63) is 80.5 Å². The van der Waals surface area contributed by atoms with E-state index in [0.717, 1.165) is 4.90 Å². The van der Waals surface area contributed by atoms with Crippen LogP contribution in [0.4, 0.5) is 14.9 Å². The van der Waals surface area contributed by atoms with Gasteiger partial charge in [-0.25, -0.2) is 4.39 Å². The van der Waals surface area contributed by atoms with Crippen LogP contribution >= 0.6 is 11.8 Å². The predicted octanol–water partition coefficient (Wildman–Crippen LogP) is 3.97. The van der Waals surface area contributed by atoms with Crippen molar-refractivity contribution in [3.63, 3.8) is 0 Å². The number of nitro groups is 1. The Morgan fingerprint density at radius 2 is 1.92 bits per heavy atom. The van der Waals surface area contributed by atoms with Gasteiger partial charge in [0, 0.05) is 17.7 Å². The fourth-order valence-electron chi connectivity index (χ4n) is 2.32. The summed E-state index contributed by atoms with van der Waals surface area (Å²) >= 11 is 0.713. The molecule has 2 aromatic carbocycles. The predicted molar refractivity (Wildman–Crippen MR) is 91.0 cm³/mol. The van der Waals surface area contributed by atoms with Crippen LogP contribution in [0.3, 0.4) is 0 Å². The van der Waals surface area contributed by atoms with Crippen LogP contribution in [-0.2, 0) is 11.3 Å². The van der Waals surface area contributed by atoms with E-state index in [9.17, 15) is 24.1 Å². The molecule has 2 aromatic rings. The van der Waals surface area contributed by atoms with Crippen LogP contribution in [-0.4, -0.2) is 21.0 Å². The topological polar surface area (TPSA) is 80.5 Å². The van der Waals surface area contributed by atoms with Crippen molar-refractivity contribution in [2.24, 2.45) is 0 Å². The lowest BCUT2D eigenvalue weighted by Gasteiger charge is -2.12. The fraction of sp³-hybridized carbons (Fsp3) is 0.0588. The first-order chi connectivity index (χ1) is 12.0. The van der Waals surface area contributed by atoms with E-state index in [2.05, 4.69) is 0 Å². The minimum atomic E-state index is -0.551. The van der Waals surface area contributed by atoms with Crippen molar-refractivity contribution in [1.82, 2.24) is 4.90 Å². The Labute approximate surface area is 146 Å². The van der Waals surface area contributed by atoms with Crippen LogP contribution in [0, 0.1) is 15.9 Å². The number of carbonyl (C=O) groups excluding carboxylic acids is 2. The third-order valence-electron chi connectivity index (χ3n) is 3.53. The van der Waals surface area contributed by atoms with Crippen molar-refractivity contribution < 1.29 is 18.9 Å². The normalized spacial score (nSPS) is 15.9. The average molecular weight is 358 g/mol. The maximum absolute atomic E-state index is 13.7. The highest BCUT2D eigenvalue weighted by molar-refractivity contribution is 8.18. The molecule has 0 atom stereocenters. The number of thioether (sulfide) groups is 1. The standard InChI is InChI=1S/C17H11FN2O4S/c18-14-7-2-1-5-12(14)9-15-16(21)19(17(22)25-15)10-11-4-3-6-13(8-11)20(23)24/h1-9H,10H2/b15-9+. The van der Waals surface area contributed by atoms with Crippen LogP contribution < -0.4 is 0 Å². The maximum atomic E-state index is 13.7. The van der Waals surface area contributed by atoms with Gasteiger partial charge in [-0.05, 0) is 29.5 Å². The monoisotopic (exact) mass is 358 g/mol. The molecule has 2 amide bonds. The summed E-state index contributed by atoms with van der Waals surface area (Å²) < 4.78 is 13.7. The van der Waals surface area contributed by atoms with E-state index in [1.807, 2.05) is 0 Å². The first kappa shape index (κ1) is 16.8. The molecule has 1 heterocycles. The van der Waals surface area contributed by atoms with E-state index < -0.39 is 21.9 Å². The quantitative estimate of drug-likeness (QED) is 0.469. The van der Waals surface area contributed by atoms with Gasteiger partial charge in [-0.15, -0.1) is 0 Å². The van der Waals surface area contributed by atoms with Gasteiger partial charge in [0.15, 0.2) is 0 Å². The number of carbonyl (C=O) groups is 2. The minimum Gasteiger partial charge on any atom is -0.268 e. The number of hydrogen-bond donors (Lipinski definition) is 0. The van der Waals surface area contributed by atoms with Crippen molar-refractivity contribution in [2.75, 3.05) is 0 Å². The summed E-state index contributed by atoms with van der Waals surface area (Å²) in [7, 11) is 0. The molecular formula is C17H11FN2O4S. The molecule has 0 unspecified atom stereocenters. The second kappa shape index (κ2) is 6.86. The van der Waals surface area contributed by atoms with Crippen LogP contribution in [0.15, 0.2) is 53.4 Å². The van der Waals surface area contributed by atoms with E-state index in [-0.39, 0.29) is 22.7 Å². The lowest BCUT2D eigenvalue weighted by atomic mass is 10.2. The molecule has 1 aliphatic rings. The fourth-order valence-corrected chi connectivity index (χ4v) is 3.15. The van der Waals surface area contributed by atoms with Crippen molar-refractivity contribution in [1.29, 1.82) is 0 Å². The molecule has 1 aliphatic heterocycles. The molecule has 0 aliphatic carbocycles. The van der Waals surface area contributed by atoms with Crippen LogP contribution in [0.2, 0.25) is 0 Å². The summed E-state index contributed by atoms with van der Waals surface area (Å²) in [6.45, 7) is -0.0824. The molecule has 126 valence electrons. The summed E-state index contributed by atoms with van der Waals surface area (Å²) in [6.07, 6.45) is 1.33. The summed E-state index contributed by atoms with van der Waals surface area (Å²) in [6, 6.07) is 11.6. The molecule has 3 rings (SSSR count). The highest BCUT2D eigenvalue weighted by Crippen LogP contribution is 2.33. The second-order valence-electron chi connectivity index (χ2n) is 5.22. The third kappa shape index (κ3) is 3.58. The second-order valence-corrected chi connectivity index (χ2v) is 6.21. The van der Waals surface area contributed by atoms with Crippen molar-refractivity contribution >= 4 is 34.7 Å². The van der Waals surface area contributed by atoms with Gasteiger partial charge >= 0.3 is 0 Å². The number of halogens is 1. The average Bonchev–Trinajstić information content (AvgIpc) is 2.85. The van der Waals surface area contributed by atoms with E-state index >= 15 is 0 Å². The summed E-state index contributed by atoms with van der Waals surface area (Å²) in [5.74, 6) is -1.04. The highest BCUT2D eigenvalue weighted by atomic mass is 32.2. The van der Waals surface area contributed by atoms with Crippen molar-refractivity contribution in [3.8, 4) is 0 Å². The number of amides is 2. The number of non-ortho nitro benzene ring substituents is 1. The van der Waals surface area contributed by atoms with Gasteiger partial charge in [0.1, 0.15) is 5.82 Å². The van der Waals surface area contributed by atoms with Gasteiger partial charge in [-0.2, -0.15) is 0 Å². The Kier molecular flexibility index (Phi) is 4.62. The van der Waals surface area contributed by atoms with E-state index in [1.54, 1.807) is 12.1 Å². The zero-order valence-electron chi connectivity index (χ0n) is 12.7. The van der Waals surface area contributed by atoms with Crippen molar-refractivity contribution in [2.45, 2.75) is 6.54 Å². The maximum Gasteiger partial charge on any atom is 0.293 e. The number of benzene rings is 2. The zero-order valence-corrected chi connectivity index (χ0v) is 13.5. The summed E-state index contributed by atoms with van der Waals surface area (Å²) in [4.78, 5) is 35.9. The molecular weight excluding hydrogens is 347 g/mol. The van der Waals surface area contributed by atoms with Gasteiger partial charge in [0.25, 0.3) is 16.8 Å². The third-order valence-corrected chi connectivity index (χ3v) is 4.43. The minimum absolute atomic E-state index is 0.0824. The molecule has 0 aromatic heterocycles. The van der Waals surface area contributed by atoms with Gasteiger partial charge in [0.2, 0.25) is 0 Å². The molecule has 0 spiro atoms. The Balaban J connectivity index is 1.84. The van der Waals surface area contributed by atoms with Gasteiger partial charge in [0.05, 0.1) is 16.4 Å². The largest absolute Gasteiger partial charge is 0.293 e. The first-order valence-electron chi connectivity index (χ1n) is 7.19. The molecule has 0 radical (unpaired) electrons. The number of nitro benzene ring substituents is 1. The number of nitrogens with zero attached hydrogens (tertiary/aromatic N) is 2. The Hall–Kier alpha value is -3.00. The number of rotatable bonds is 4. The molecule has 8 heteroatoms. The lowest BCUT2D eigenvalue weighted by molar-refractivity contribution is -0.384. The van der Waals surface area contributed by atoms with Crippen LogP contribution in [0.25, 0.3) is 6.08 Å². The number of imide groups is 1. The number of hydrogen-bond acceptors (Lipinski definition) is 5. The summed E-state index contributed by atoms with van der Waals surface area (Å²) in [5, 5.41) is 10.3. The van der Waals surface area contributed by atoms with Gasteiger partial charge in [-0.3, -0.25) is 24.6 Å². The van der Waals surface area contributed by atoms with Gasteiger partial charge < -0.3 is 0 Å². The Bertz CT molecular complexity index is 913. The molecule has 1 saturated heterocycles. The zero-order chi connectivity index (χ0) is 18.0. The Morgan fingerprint density at radius 1 is 1.16 bits per heavy atom. The van der Waals surface area contributed by atoms with E-state index in [1.165, 1.54) is 42.5 Å². The van der Waals surface area contributed by atoms with Crippen LogP contribution in [0.1, 0.15) is 11.1 Å². The van der Waals surface area contributed by atoms with E-state index in [0.29, 0.717) is 17.3 Å². The van der Waals surface area contributed by atoms with E-state index in [4.69, 9.17) is 0 Å². The molecule has 6 nitrogen and oxygen atoms in total. The lowest BCUT2D eigenvalue weighted by Crippen LogP contribution is -2.27. The van der Waals surface area contributed by atoms with Gasteiger partial charge in [-0.1, -0.05) is 30.3 Å². The molecule has 0 saturated carbocycles. The Morgan fingerprint density at radius 3 is 2.64 bits per heavy atom. The smallest absolute Gasteiger partial charge is 0.268 e. The SMILES string of the molecule is O=C1S/C(=C/c2ccccc2F)C(=O)N1Cc1cccc([N+](=O)[O-])c1. The molecule has 25 heavy (non-hydrogen) atoms. The highest BCUT2D eigenvalue weighted by Gasteiger charge is 2.35. The van der Waals surface area contributed by atoms with Crippen LogP contribution in [0.5, 0.6) is 0 Å². The summed E-state index contributed by atoms with van der Waals surface area (Å²) in [5.41, 5.74) is 0.554.